The Bertz CT molecular complexity index is 292. The van der Waals surface area contributed by atoms with Crippen molar-refractivity contribution in [1.29, 1.82) is 0 Å². The number of nitrogens with zero attached hydrogens (tertiary/aromatic N) is 1. The molecule has 1 aliphatic heterocycles. The molecule has 1 heterocycles. The lowest BCUT2D eigenvalue weighted by Crippen LogP contribution is -2.48. The molecule has 0 amide bonds. The molecule has 19 heavy (non-hydrogen) atoms. The minimum atomic E-state index is -0.138. The third-order valence-corrected chi connectivity index (χ3v) is 4.14. The highest BCUT2D eigenvalue weighted by atomic mass is 16.5. The maximum absolute atomic E-state index is 12.0. The zero-order chi connectivity index (χ0) is 13.7. The van der Waals surface area contributed by atoms with Crippen LogP contribution in [0.15, 0.2) is 0 Å². The van der Waals surface area contributed by atoms with E-state index in [-0.39, 0.29) is 12.0 Å². The fourth-order valence-electron chi connectivity index (χ4n) is 2.74. The van der Waals surface area contributed by atoms with Crippen LogP contribution in [0.4, 0.5) is 0 Å². The summed E-state index contributed by atoms with van der Waals surface area (Å²) < 4.78 is 5.20. The number of hydrogen-bond acceptors (Lipinski definition) is 4. The summed E-state index contributed by atoms with van der Waals surface area (Å²) in [5, 5.41) is 3.44. The molecule has 2 atom stereocenters. The molecule has 0 spiro atoms. The van der Waals surface area contributed by atoms with Gasteiger partial charge < -0.3 is 15.0 Å². The Morgan fingerprint density at radius 1 is 1.32 bits per heavy atom. The highest BCUT2D eigenvalue weighted by Gasteiger charge is 2.30. The topological polar surface area (TPSA) is 41.6 Å². The van der Waals surface area contributed by atoms with Gasteiger partial charge in [-0.3, -0.25) is 4.79 Å². The lowest BCUT2D eigenvalue weighted by Gasteiger charge is -2.25. The first-order chi connectivity index (χ1) is 9.19. The monoisotopic (exact) mass is 268 g/mol. The summed E-state index contributed by atoms with van der Waals surface area (Å²) in [5.41, 5.74) is 0. The van der Waals surface area contributed by atoms with Gasteiger partial charge in [-0.25, -0.2) is 0 Å². The van der Waals surface area contributed by atoms with E-state index >= 15 is 0 Å². The average Bonchev–Trinajstić information content (AvgIpc) is 3.19. The summed E-state index contributed by atoms with van der Waals surface area (Å²) >= 11 is 0. The van der Waals surface area contributed by atoms with Crippen molar-refractivity contribution in [1.82, 2.24) is 10.2 Å². The van der Waals surface area contributed by atoms with Crippen molar-refractivity contribution in [2.24, 2.45) is 5.92 Å². The van der Waals surface area contributed by atoms with Crippen LogP contribution in [0.5, 0.6) is 0 Å². The third kappa shape index (κ3) is 5.11. The van der Waals surface area contributed by atoms with Crippen LogP contribution in [0.1, 0.15) is 46.0 Å². The molecule has 4 nitrogen and oxygen atoms in total. The van der Waals surface area contributed by atoms with E-state index in [4.69, 9.17) is 4.74 Å². The van der Waals surface area contributed by atoms with Crippen LogP contribution in [0.25, 0.3) is 0 Å². The first kappa shape index (κ1) is 14.8. The second-order valence-electron chi connectivity index (χ2n) is 6.08. The molecular weight excluding hydrogens is 240 g/mol. The van der Waals surface area contributed by atoms with E-state index in [0.717, 1.165) is 25.6 Å². The molecular formula is C15H28N2O2. The predicted octanol–water partition coefficient (Wildman–Crippen LogP) is 1.79. The minimum Gasteiger partial charge on any atom is -0.465 e. The molecule has 0 radical (unpaired) electrons. The summed E-state index contributed by atoms with van der Waals surface area (Å²) in [6.07, 6.45) is 6.22. The second-order valence-corrected chi connectivity index (χ2v) is 6.08. The Labute approximate surface area is 116 Å². The number of esters is 1. The smallest absolute Gasteiger partial charge is 0.324 e. The highest BCUT2D eigenvalue weighted by molar-refractivity contribution is 5.76. The van der Waals surface area contributed by atoms with Gasteiger partial charge in [0.05, 0.1) is 6.61 Å². The lowest BCUT2D eigenvalue weighted by atomic mass is 10.0. The van der Waals surface area contributed by atoms with Crippen LogP contribution in [-0.2, 0) is 9.53 Å². The van der Waals surface area contributed by atoms with E-state index in [0.29, 0.717) is 12.6 Å². The van der Waals surface area contributed by atoms with Gasteiger partial charge in [0.2, 0.25) is 0 Å². The van der Waals surface area contributed by atoms with Crippen molar-refractivity contribution < 1.29 is 9.53 Å². The van der Waals surface area contributed by atoms with Gasteiger partial charge in [0.1, 0.15) is 6.04 Å². The number of likely N-dealkylation sites (tertiary alicyclic amines) is 1. The van der Waals surface area contributed by atoms with E-state index in [9.17, 15) is 4.79 Å². The van der Waals surface area contributed by atoms with E-state index in [1.165, 1.54) is 32.1 Å². The van der Waals surface area contributed by atoms with Crippen molar-refractivity contribution in [3.05, 3.63) is 0 Å². The fraction of sp³-hybridized carbons (Fsp3) is 0.933. The Hall–Kier alpha value is -0.610. The summed E-state index contributed by atoms with van der Waals surface area (Å²) in [4.78, 5) is 14.5. The number of carbonyl (C=O) groups is 1. The van der Waals surface area contributed by atoms with Crippen LogP contribution in [0.3, 0.4) is 0 Å². The van der Waals surface area contributed by atoms with Crippen molar-refractivity contribution in [2.75, 3.05) is 26.2 Å². The van der Waals surface area contributed by atoms with Crippen LogP contribution in [0, 0.1) is 5.92 Å². The van der Waals surface area contributed by atoms with Gasteiger partial charge in [-0.1, -0.05) is 6.92 Å². The SMILES string of the molecule is CCOC(=O)C(CN1CCCC(C)CC1)NC1CC1. The molecule has 0 aromatic heterocycles. The highest BCUT2D eigenvalue weighted by Crippen LogP contribution is 2.21. The fourth-order valence-corrected chi connectivity index (χ4v) is 2.74. The number of rotatable bonds is 6. The Balaban J connectivity index is 1.84. The Morgan fingerprint density at radius 3 is 2.79 bits per heavy atom. The third-order valence-electron chi connectivity index (χ3n) is 4.14. The molecule has 2 fully saturated rings. The van der Waals surface area contributed by atoms with Gasteiger partial charge >= 0.3 is 5.97 Å². The van der Waals surface area contributed by atoms with Crippen molar-refractivity contribution >= 4 is 5.97 Å². The van der Waals surface area contributed by atoms with Gasteiger partial charge in [0, 0.05) is 12.6 Å². The molecule has 4 heteroatoms. The van der Waals surface area contributed by atoms with E-state index in [2.05, 4.69) is 17.1 Å². The van der Waals surface area contributed by atoms with Gasteiger partial charge in [-0.2, -0.15) is 0 Å². The first-order valence-electron chi connectivity index (χ1n) is 7.84. The Morgan fingerprint density at radius 2 is 2.11 bits per heavy atom. The zero-order valence-corrected chi connectivity index (χ0v) is 12.4. The predicted molar refractivity (Wildman–Crippen MR) is 76.0 cm³/mol. The molecule has 0 aromatic rings. The van der Waals surface area contributed by atoms with Gasteiger partial charge in [-0.15, -0.1) is 0 Å². The normalized spacial score (nSPS) is 26.7. The molecule has 1 saturated carbocycles. The van der Waals surface area contributed by atoms with Crippen molar-refractivity contribution in [2.45, 2.75) is 58.0 Å². The molecule has 110 valence electrons. The summed E-state index contributed by atoms with van der Waals surface area (Å²) in [7, 11) is 0. The van der Waals surface area contributed by atoms with Crippen LogP contribution in [-0.4, -0.2) is 49.2 Å². The van der Waals surface area contributed by atoms with Crippen molar-refractivity contribution in [3.63, 3.8) is 0 Å². The van der Waals surface area contributed by atoms with Crippen LogP contribution in [0.2, 0.25) is 0 Å². The largest absolute Gasteiger partial charge is 0.465 e. The number of ether oxygens (including phenoxy) is 1. The lowest BCUT2D eigenvalue weighted by molar-refractivity contribution is -0.146. The van der Waals surface area contributed by atoms with E-state index < -0.39 is 0 Å². The molecule has 2 aliphatic rings. The molecule has 1 N–H and O–H groups in total. The summed E-state index contributed by atoms with van der Waals surface area (Å²) in [6.45, 7) is 7.71. The van der Waals surface area contributed by atoms with Gasteiger partial charge in [-0.05, 0) is 58.0 Å². The number of hydrogen-bond donors (Lipinski definition) is 1. The van der Waals surface area contributed by atoms with Gasteiger partial charge in [0.15, 0.2) is 0 Å². The van der Waals surface area contributed by atoms with E-state index in [1.54, 1.807) is 0 Å². The minimum absolute atomic E-state index is 0.0771. The quantitative estimate of drug-likeness (QED) is 0.746. The number of nitrogens with one attached hydrogen (secondary N) is 1. The maximum Gasteiger partial charge on any atom is 0.324 e. The molecule has 2 unspecified atom stereocenters. The summed E-state index contributed by atoms with van der Waals surface area (Å²) in [6, 6.07) is 0.404. The molecule has 2 rings (SSSR count). The zero-order valence-electron chi connectivity index (χ0n) is 12.4. The second kappa shape index (κ2) is 7.25. The van der Waals surface area contributed by atoms with Crippen LogP contribution < -0.4 is 5.32 Å². The molecule has 0 aromatic carbocycles. The number of carbonyl (C=O) groups excluding carboxylic acids is 1. The average molecular weight is 268 g/mol. The van der Waals surface area contributed by atoms with Gasteiger partial charge in [0.25, 0.3) is 0 Å². The summed E-state index contributed by atoms with van der Waals surface area (Å²) in [5.74, 6) is 0.745. The molecule has 1 saturated heterocycles. The first-order valence-corrected chi connectivity index (χ1v) is 7.84. The Kier molecular flexibility index (Phi) is 5.64. The van der Waals surface area contributed by atoms with Crippen LogP contribution >= 0.6 is 0 Å². The standard InChI is InChI=1S/C15H28N2O2/c1-3-19-15(18)14(16-13-6-7-13)11-17-9-4-5-12(2)8-10-17/h12-14,16H,3-11H2,1-2H3. The molecule has 1 aliphatic carbocycles. The maximum atomic E-state index is 12.0. The van der Waals surface area contributed by atoms with Crippen molar-refractivity contribution in [3.8, 4) is 0 Å². The van der Waals surface area contributed by atoms with E-state index in [1.807, 2.05) is 6.92 Å². The molecule has 0 bridgehead atoms.